The van der Waals surface area contributed by atoms with Crippen molar-refractivity contribution < 1.29 is 9.53 Å². The Kier molecular flexibility index (Phi) is 6.67. The third kappa shape index (κ3) is 4.76. The lowest BCUT2D eigenvalue weighted by Gasteiger charge is -2.13. The number of ether oxygens (including phenoxy) is 1. The van der Waals surface area contributed by atoms with Crippen molar-refractivity contribution in [1.82, 2.24) is 4.90 Å². The predicted molar refractivity (Wildman–Crippen MR) is 121 cm³/mol. The van der Waals surface area contributed by atoms with Gasteiger partial charge in [0.2, 0.25) is 0 Å². The highest BCUT2D eigenvalue weighted by atomic mass is 16.5. The number of nitrogens with zero attached hydrogens (tertiary/aromatic N) is 2. The molecule has 0 saturated carbocycles. The summed E-state index contributed by atoms with van der Waals surface area (Å²) in [4.78, 5) is 13.5. The third-order valence-electron chi connectivity index (χ3n) is 4.78. The lowest BCUT2D eigenvalue weighted by atomic mass is 10.0. The van der Waals surface area contributed by atoms with Crippen LogP contribution in [-0.2, 0) is 17.8 Å². The number of hydrogen-bond donors (Lipinski definition) is 0. The van der Waals surface area contributed by atoms with Crippen molar-refractivity contribution in [2.45, 2.75) is 13.0 Å². The fraction of sp³-hybridized carbons (Fsp3) is 0.154. The van der Waals surface area contributed by atoms with Crippen LogP contribution in [0.4, 0.5) is 0 Å². The van der Waals surface area contributed by atoms with Crippen molar-refractivity contribution in [2.75, 3.05) is 14.1 Å². The Morgan fingerprint density at radius 1 is 1.10 bits per heavy atom. The molecular weight excluding hydrogens is 372 g/mol. The second kappa shape index (κ2) is 9.58. The molecule has 0 spiro atoms. The topological polar surface area (TPSA) is 53.3 Å². The highest BCUT2D eigenvalue weighted by Crippen LogP contribution is 2.25. The number of amides is 1. The molecule has 150 valence electrons. The fourth-order valence-corrected chi connectivity index (χ4v) is 3.27. The van der Waals surface area contributed by atoms with Crippen molar-refractivity contribution >= 4 is 22.8 Å². The molecule has 0 aliphatic heterocycles. The number of carbonyl (C=O) groups is 1. The van der Waals surface area contributed by atoms with Gasteiger partial charge < -0.3 is 9.64 Å². The van der Waals surface area contributed by atoms with Crippen LogP contribution in [0.2, 0.25) is 0 Å². The molecule has 1 amide bonds. The first-order valence-corrected chi connectivity index (χ1v) is 9.70. The van der Waals surface area contributed by atoms with Gasteiger partial charge in [0, 0.05) is 14.1 Å². The molecule has 0 heterocycles. The highest BCUT2D eigenvalue weighted by Gasteiger charge is 2.12. The molecule has 3 rings (SSSR count). The largest absolute Gasteiger partial charge is 0.489 e. The molecule has 4 heteroatoms. The summed E-state index contributed by atoms with van der Waals surface area (Å²) in [6.07, 6.45) is 4.03. The minimum Gasteiger partial charge on any atom is -0.489 e. The maximum Gasteiger partial charge on any atom is 0.264 e. The van der Waals surface area contributed by atoms with E-state index in [4.69, 9.17) is 4.74 Å². The van der Waals surface area contributed by atoms with E-state index in [2.05, 4.69) is 30.8 Å². The van der Waals surface area contributed by atoms with Crippen LogP contribution in [0, 0.1) is 11.3 Å². The Morgan fingerprint density at radius 2 is 1.87 bits per heavy atom. The van der Waals surface area contributed by atoms with E-state index in [0.717, 1.165) is 22.4 Å². The zero-order chi connectivity index (χ0) is 21.5. The molecule has 0 bridgehead atoms. The zero-order valence-electron chi connectivity index (χ0n) is 17.3. The highest BCUT2D eigenvalue weighted by molar-refractivity contribution is 6.01. The van der Waals surface area contributed by atoms with E-state index in [9.17, 15) is 10.1 Å². The minimum absolute atomic E-state index is 0.0916. The van der Waals surface area contributed by atoms with Crippen LogP contribution in [0.15, 0.2) is 78.9 Å². The maximum absolute atomic E-state index is 12.1. The summed E-state index contributed by atoms with van der Waals surface area (Å²) in [7, 11) is 3.25. The molecule has 4 nitrogen and oxygen atoms in total. The number of allylic oxidation sites excluding steroid dienone is 1. The second-order valence-corrected chi connectivity index (χ2v) is 7.16. The lowest BCUT2D eigenvalue weighted by molar-refractivity contribution is -0.124. The maximum atomic E-state index is 12.1. The van der Waals surface area contributed by atoms with Crippen LogP contribution >= 0.6 is 0 Å². The Hall–Kier alpha value is -3.84. The van der Waals surface area contributed by atoms with Gasteiger partial charge in [0.25, 0.3) is 5.91 Å². The summed E-state index contributed by atoms with van der Waals surface area (Å²) in [5.41, 5.74) is 2.93. The molecule has 0 aliphatic rings. The molecule has 0 N–H and O–H groups in total. The molecule has 0 unspecified atom stereocenters. The second-order valence-electron chi connectivity index (χ2n) is 7.16. The fourth-order valence-electron chi connectivity index (χ4n) is 3.27. The van der Waals surface area contributed by atoms with Crippen molar-refractivity contribution in [1.29, 1.82) is 5.26 Å². The van der Waals surface area contributed by atoms with Gasteiger partial charge in [0.1, 0.15) is 24.0 Å². The van der Waals surface area contributed by atoms with Gasteiger partial charge in [-0.1, -0.05) is 54.6 Å². The van der Waals surface area contributed by atoms with Crippen molar-refractivity contribution in [3.05, 3.63) is 95.6 Å². The molecule has 0 aliphatic carbocycles. The molecule has 0 saturated heterocycles. The number of hydrogen-bond acceptors (Lipinski definition) is 3. The first-order valence-electron chi connectivity index (χ1n) is 9.70. The molecular formula is C26H24N2O2. The zero-order valence-corrected chi connectivity index (χ0v) is 17.3. The number of benzene rings is 3. The standard InChI is InChI=1S/C26H24N2O2/c1-4-8-21-15-19(16-23(17-27)26(29)28(2)3)13-14-25(21)30-18-22-11-7-10-20-9-5-6-12-24(20)22/h4-7,9-16H,1,8,18H2,2-3H3/b23-16-. The Labute approximate surface area is 177 Å². The summed E-state index contributed by atoms with van der Waals surface area (Å²) in [6, 6.07) is 22.1. The van der Waals surface area contributed by atoms with Crippen LogP contribution < -0.4 is 4.74 Å². The van der Waals surface area contributed by atoms with Gasteiger partial charge in [-0.3, -0.25) is 4.79 Å². The normalized spacial score (nSPS) is 11.0. The van der Waals surface area contributed by atoms with E-state index < -0.39 is 0 Å². The van der Waals surface area contributed by atoms with Gasteiger partial charge in [-0.2, -0.15) is 5.26 Å². The summed E-state index contributed by atoms with van der Waals surface area (Å²) >= 11 is 0. The Balaban J connectivity index is 1.87. The van der Waals surface area contributed by atoms with E-state index in [0.29, 0.717) is 13.0 Å². The smallest absolute Gasteiger partial charge is 0.264 e. The van der Waals surface area contributed by atoms with E-state index in [1.807, 2.05) is 48.5 Å². The van der Waals surface area contributed by atoms with Crippen LogP contribution in [0.25, 0.3) is 16.8 Å². The molecule has 0 atom stereocenters. The number of rotatable bonds is 7. The van der Waals surface area contributed by atoms with Crippen molar-refractivity contribution in [3.63, 3.8) is 0 Å². The van der Waals surface area contributed by atoms with E-state index in [1.165, 1.54) is 15.7 Å². The summed E-state index contributed by atoms with van der Waals surface area (Å²) in [5, 5.41) is 11.7. The van der Waals surface area contributed by atoms with Crippen LogP contribution in [0.3, 0.4) is 0 Å². The van der Waals surface area contributed by atoms with Crippen LogP contribution in [0.1, 0.15) is 16.7 Å². The van der Waals surface area contributed by atoms with Crippen LogP contribution in [0.5, 0.6) is 5.75 Å². The first kappa shape index (κ1) is 20.9. The lowest BCUT2D eigenvalue weighted by Crippen LogP contribution is -2.22. The Morgan fingerprint density at radius 3 is 2.60 bits per heavy atom. The molecule has 3 aromatic rings. The number of fused-ring (bicyclic) bond motifs is 1. The van der Waals surface area contributed by atoms with Crippen molar-refractivity contribution in [3.8, 4) is 11.8 Å². The number of carbonyl (C=O) groups excluding carboxylic acids is 1. The number of nitriles is 1. The minimum atomic E-state index is -0.320. The molecule has 3 aromatic carbocycles. The SMILES string of the molecule is C=CCc1cc(/C=C(/C#N)C(=O)N(C)C)ccc1OCc1cccc2ccccc12. The van der Waals surface area contributed by atoms with Crippen LogP contribution in [-0.4, -0.2) is 24.9 Å². The van der Waals surface area contributed by atoms with Gasteiger partial charge in [0.05, 0.1) is 0 Å². The average molecular weight is 396 g/mol. The van der Waals surface area contributed by atoms with Crippen molar-refractivity contribution in [2.24, 2.45) is 0 Å². The van der Waals surface area contributed by atoms with Gasteiger partial charge in [-0.15, -0.1) is 6.58 Å². The van der Waals surface area contributed by atoms with E-state index in [1.54, 1.807) is 20.2 Å². The average Bonchev–Trinajstić information content (AvgIpc) is 2.76. The molecule has 0 fully saturated rings. The third-order valence-corrected chi connectivity index (χ3v) is 4.78. The summed E-state index contributed by atoms with van der Waals surface area (Å²) in [6.45, 7) is 4.28. The van der Waals surface area contributed by atoms with Gasteiger partial charge >= 0.3 is 0 Å². The van der Waals surface area contributed by atoms with Gasteiger partial charge in [0.15, 0.2) is 0 Å². The van der Waals surface area contributed by atoms with Gasteiger partial charge in [-0.05, 0) is 52.1 Å². The summed E-state index contributed by atoms with van der Waals surface area (Å²) in [5.74, 6) is 0.441. The first-order chi connectivity index (χ1) is 14.5. The van der Waals surface area contributed by atoms with E-state index >= 15 is 0 Å². The molecule has 0 aromatic heterocycles. The predicted octanol–water partition coefficient (Wildman–Crippen LogP) is 5.14. The molecule has 30 heavy (non-hydrogen) atoms. The quantitative estimate of drug-likeness (QED) is 0.316. The van der Waals surface area contributed by atoms with E-state index in [-0.39, 0.29) is 11.5 Å². The Bertz CT molecular complexity index is 1150. The summed E-state index contributed by atoms with van der Waals surface area (Å²) < 4.78 is 6.15. The van der Waals surface area contributed by atoms with Gasteiger partial charge in [-0.25, -0.2) is 0 Å². The number of likely N-dealkylation sites (N-methyl/N-ethyl adjacent to an activating group) is 1. The molecule has 0 radical (unpaired) electrons. The monoisotopic (exact) mass is 396 g/mol.